The molecule has 1 N–H and O–H groups in total. The van der Waals surface area contributed by atoms with E-state index in [9.17, 15) is 9.59 Å². The van der Waals surface area contributed by atoms with E-state index in [1.807, 2.05) is 43.4 Å². The molecule has 0 unspecified atom stereocenters. The third kappa shape index (κ3) is 5.51. The number of rotatable bonds is 10. The summed E-state index contributed by atoms with van der Waals surface area (Å²) in [5, 5.41) is 4.19. The second-order valence-electron chi connectivity index (χ2n) is 8.43. The molecule has 0 aliphatic carbocycles. The quantitative estimate of drug-likeness (QED) is 0.364. The van der Waals surface area contributed by atoms with Gasteiger partial charge >= 0.3 is 0 Å². The predicted molar refractivity (Wildman–Crippen MR) is 139 cm³/mol. The molecular formula is C26H29ClN4O4. The smallest absolute Gasteiger partial charge is 0.276 e. The Bertz CT molecular complexity index is 1410. The molecule has 0 saturated carbocycles. The highest BCUT2D eigenvalue weighted by Gasteiger charge is 2.19. The molecule has 35 heavy (non-hydrogen) atoms. The van der Waals surface area contributed by atoms with Gasteiger partial charge in [0.25, 0.3) is 11.1 Å². The molecule has 2 heterocycles. The van der Waals surface area contributed by atoms with E-state index in [1.165, 1.54) is 6.07 Å². The monoisotopic (exact) mass is 496 g/mol. The van der Waals surface area contributed by atoms with Crippen molar-refractivity contribution in [2.45, 2.75) is 13.1 Å². The van der Waals surface area contributed by atoms with Gasteiger partial charge in [-0.1, -0.05) is 35.9 Å². The lowest BCUT2D eigenvalue weighted by Crippen LogP contribution is -2.30. The Hall–Kier alpha value is -3.33. The maximum absolute atomic E-state index is 13.5. The lowest BCUT2D eigenvalue weighted by atomic mass is 10.1. The van der Waals surface area contributed by atoms with E-state index in [0.717, 1.165) is 23.4 Å². The number of pyridine rings is 1. The van der Waals surface area contributed by atoms with E-state index in [2.05, 4.69) is 10.00 Å². The second kappa shape index (κ2) is 10.9. The van der Waals surface area contributed by atoms with Crippen LogP contribution >= 0.6 is 11.6 Å². The number of hydrogen-bond donors (Lipinski definition) is 1. The molecule has 4 aromatic rings. The lowest BCUT2D eigenvalue weighted by Gasteiger charge is -2.15. The van der Waals surface area contributed by atoms with Crippen LogP contribution in [0, 0.1) is 0 Å². The summed E-state index contributed by atoms with van der Waals surface area (Å²) < 4.78 is 13.6. The molecule has 0 bridgehead atoms. The summed E-state index contributed by atoms with van der Waals surface area (Å²) in [6, 6.07) is 16.2. The molecule has 0 fully saturated rings. The summed E-state index contributed by atoms with van der Waals surface area (Å²) in [6.45, 7) is 2.79. The Morgan fingerprint density at radius 3 is 2.37 bits per heavy atom. The fourth-order valence-corrected chi connectivity index (χ4v) is 4.17. The Kier molecular flexibility index (Phi) is 7.75. The summed E-state index contributed by atoms with van der Waals surface area (Å²) in [6.07, 6.45) is 0. The van der Waals surface area contributed by atoms with Gasteiger partial charge in [-0.05, 0) is 42.4 Å². The number of likely N-dealkylation sites (N-methyl/N-ethyl adjacent to an activating group) is 1. The zero-order valence-electron chi connectivity index (χ0n) is 20.1. The van der Waals surface area contributed by atoms with Crippen LogP contribution in [0.5, 0.6) is 5.75 Å². The highest BCUT2D eigenvalue weighted by atomic mass is 35.5. The van der Waals surface area contributed by atoms with Crippen LogP contribution in [0.2, 0.25) is 5.02 Å². The van der Waals surface area contributed by atoms with Gasteiger partial charge in [-0.25, -0.2) is 0 Å². The van der Waals surface area contributed by atoms with Crippen molar-refractivity contribution in [2.75, 3.05) is 41.0 Å². The molecule has 0 aliphatic rings. The standard InChI is InChI=1S/C26H29ClN4O4/c1-29(14-15-34-2)12-13-31-26(33)24-22(28-31)16-23(32)30(17-18-4-10-21(35-3)11-5-18)25(24)19-6-8-20(27)9-7-19/h4-11,16,28H,12-15,17H2,1-3H3. The largest absolute Gasteiger partial charge is 0.497 e. The predicted octanol–water partition coefficient (Wildman–Crippen LogP) is 3.45. The number of aromatic amines is 1. The second-order valence-corrected chi connectivity index (χ2v) is 8.86. The van der Waals surface area contributed by atoms with E-state index < -0.39 is 0 Å². The van der Waals surface area contributed by atoms with Gasteiger partial charge in [0.15, 0.2) is 0 Å². The van der Waals surface area contributed by atoms with Crippen molar-refractivity contribution in [3.05, 3.63) is 85.9 Å². The number of halogens is 1. The summed E-state index contributed by atoms with van der Waals surface area (Å²) >= 11 is 6.12. The molecule has 0 saturated heterocycles. The Morgan fingerprint density at radius 2 is 1.71 bits per heavy atom. The minimum absolute atomic E-state index is 0.173. The van der Waals surface area contributed by atoms with Crippen molar-refractivity contribution in [1.29, 1.82) is 0 Å². The van der Waals surface area contributed by atoms with Crippen molar-refractivity contribution in [2.24, 2.45) is 0 Å². The number of hydrogen-bond acceptors (Lipinski definition) is 5. The molecule has 2 aromatic carbocycles. The van der Waals surface area contributed by atoms with Crippen LogP contribution in [0.15, 0.2) is 64.2 Å². The topological polar surface area (TPSA) is 81.5 Å². The number of H-pyrrole nitrogens is 1. The minimum atomic E-state index is -0.205. The van der Waals surface area contributed by atoms with Gasteiger partial charge in [0.05, 0.1) is 43.4 Å². The summed E-state index contributed by atoms with van der Waals surface area (Å²) in [5.74, 6) is 0.735. The van der Waals surface area contributed by atoms with Gasteiger partial charge in [-0.3, -0.25) is 19.4 Å². The summed E-state index contributed by atoms with van der Waals surface area (Å²) in [5.41, 5.74) is 2.35. The van der Waals surface area contributed by atoms with E-state index in [4.69, 9.17) is 21.1 Å². The van der Waals surface area contributed by atoms with E-state index in [-0.39, 0.29) is 11.1 Å². The van der Waals surface area contributed by atoms with Gasteiger partial charge < -0.3 is 18.9 Å². The third-order valence-corrected chi connectivity index (χ3v) is 6.28. The maximum atomic E-state index is 13.5. The van der Waals surface area contributed by atoms with Gasteiger partial charge in [-0.15, -0.1) is 0 Å². The number of nitrogens with zero attached hydrogens (tertiary/aromatic N) is 3. The van der Waals surface area contributed by atoms with Gasteiger partial charge in [0, 0.05) is 31.3 Å². The highest BCUT2D eigenvalue weighted by Crippen LogP contribution is 2.27. The number of benzene rings is 2. The first kappa shape index (κ1) is 24.8. The summed E-state index contributed by atoms with van der Waals surface area (Å²) in [7, 11) is 5.25. The van der Waals surface area contributed by atoms with Gasteiger partial charge in [0.2, 0.25) is 0 Å². The molecule has 0 spiro atoms. The molecule has 0 amide bonds. The number of fused-ring (bicyclic) bond motifs is 1. The Labute approximate surface area is 208 Å². The molecule has 8 nitrogen and oxygen atoms in total. The van der Waals surface area contributed by atoms with E-state index in [1.54, 1.807) is 35.6 Å². The van der Waals surface area contributed by atoms with Crippen LogP contribution in [-0.2, 0) is 17.8 Å². The van der Waals surface area contributed by atoms with Crippen LogP contribution in [0.1, 0.15) is 5.56 Å². The fourth-order valence-electron chi connectivity index (χ4n) is 4.05. The third-order valence-electron chi connectivity index (χ3n) is 6.02. The zero-order chi connectivity index (χ0) is 24.9. The molecule has 0 radical (unpaired) electrons. The minimum Gasteiger partial charge on any atom is -0.497 e. The van der Waals surface area contributed by atoms with Gasteiger partial charge in [0.1, 0.15) is 5.75 Å². The van der Waals surface area contributed by atoms with Crippen LogP contribution in [0.4, 0.5) is 0 Å². The average molecular weight is 497 g/mol. The molecule has 2 aromatic heterocycles. The van der Waals surface area contributed by atoms with E-state index >= 15 is 0 Å². The van der Waals surface area contributed by atoms with Crippen molar-refractivity contribution in [3.8, 4) is 17.0 Å². The first-order valence-electron chi connectivity index (χ1n) is 11.3. The first-order valence-corrected chi connectivity index (χ1v) is 11.7. The first-order chi connectivity index (χ1) is 16.9. The molecule has 9 heteroatoms. The van der Waals surface area contributed by atoms with Gasteiger partial charge in [-0.2, -0.15) is 0 Å². The number of ether oxygens (including phenoxy) is 2. The van der Waals surface area contributed by atoms with Crippen molar-refractivity contribution in [3.63, 3.8) is 0 Å². The van der Waals surface area contributed by atoms with Crippen molar-refractivity contribution >= 4 is 22.5 Å². The number of aromatic nitrogens is 3. The van der Waals surface area contributed by atoms with Crippen LogP contribution in [0.3, 0.4) is 0 Å². The van der Waals surface area contributed by atoms with Crippen LogP contribution in [0.25, 0.3) is 22.2 Å². The SMILES string of the molecule is COCCN(C)CCn1[nH]c2cc(=O)n(Cc3ccc(OC)cc3)c(-c3ccc(Cl)cc3)c2c1=O. The molecular weight excluding hydrogens is 468 g/mol. The maximum Gasteiger partial charge on any atom is 0.276 e. The molecule has 4 rings (SSSR count). The fraction of sp³-hybridized carbons (Fsp3) is 0.308. The Balaban J connectivity index is 1.82. The lowest BCUT2D eigenvalue weighted by molar-refractivity contribution is 0.158. The average Bonchev–Trinajstić information content (AvgIpc) is 3.17. The number of nitrogens with one attached hydrogen (secondary N) is 1. The Morgan fingerprint density at radius 1 is 1.00 bits per heavy atom. The zero-order valence-corrected chi connectivity index (χ0v) is 20.8. The van der Waals surface area contributed by atoms with Crippen LogP contribution in [-0.4, -0.2) is 60.2 Å². The van der Waals surface area contributed by atoms with Crippen molar-refractivity contribution in [1.82, 2.24) is 19.2 Å². The van der Waals surface area contributed by atoms with E-state index in [0.29, 0.717) is 47.9 Å². The summed E-state index contributed by atoms with van der Waals surface area (Å²) in [4.78, 5) is 28.9. The molecule has 0 atom stereocenters. The molecule has 184 valence electrons. The molecule has 0 aliphatic heterocycles. The van der Waals surface area contributed by atoms with Crippen molar-refractivity contribution < 1.29 is 9.47 Å². The highest BCUT2D eigenvalue weighted by molar-refractivity contribution is 6.30. The van der Waals surface area contributed by atoms with Crippen LogP contribution < -0.4 is 15.9 Å². The number of methoxy groups -OCH3 is 2. The normalized spacial score (nSPS) is 11.5.